The van der Waals surface area contributed by atoms with Crippen molar-refractivity contribution in [3.05, 3.63) is 0 Å². The summed E-state index contributed by atoms with van der Waals surface area (Å²) in [6, 6.07) is 0. The average Bonchev–Trinajstić information content (AvgIpc) is 1.35. The van der Waals surface area contributed by atoms with E-state index in [1.54, 1.807) is 0 Å². The first-order chi connectivity index (χ1) is 2.77. The number of nitrogens with two attached hydrogens (primary N) is 1. The Morgan fingerprint density at radius 2 is 2.67 bits per heavy atom. The number of hydrogen-bond donors (Lipinski definition) is 2. The highest BCUT2D eigenvalue weighted by Crippen LogP contribution is 1.57. The standard InChI is InChI=1S/C2H5NO3.H2/c3-6-1-2(4)5;/h1,3H2,(H,4,5);1H/i;1+1. The van der Waals surface area contributed by atoms with Gasteiger partial charge in [-0.25, -0.2) is 10.7 Å². The van der Waals surface area contributed by atoms with Crippen LogP contribution in [0.2, 0.25) is 0 Å². The predicted octanol–water partition coefficient (Wildman–Crippen LogP) is -0.793. The first kappa shape index (κ1) is 5.39. The van der Waals surface area contributed by atoms with Crippen LogP contribution in [0.4, 0.5) is 0 Å². The molecule has 0 aliphatic heterocycles. The van der Waals surface area contributed by atoms with Gasteiger partial charge in [-0.05, 0) is 0 Å². The number of rotatable bonds is 2. The van der Waals surface area contributed by atoms with Gasteiger partial charge in [0.15, 0.2) is 6.61 Å². The molecule has 3 N–H and O–H groups in total. The molecule has 0 saturated carbocycles. The molecule has 0 rings (SSSR count). The van der Waals surface area contributed by atoms with Crippen LogP contribution in [-0.4, -0.2) is 17.7 Å². The van der Waals surface area contributed by atoms with Crippen LogP contribution in [0.15, 0.2) is 0 Å². The van der Waals surface area contributed by atoms with E-state index in [1.165, 1.54) is 0 Å². The lowest BCUT2D eigenvalue weighted by Crippen LogP contribution is -2.10. The van der Waals surface area contributed by atoms with Crippen molar-refractivity contribution in [3.8, 4) is 0 Å². The van der Waals surface area contributed by atoms with Crippen molar-refractivity contribution in [1.82, 2.24) is 0 Å². The van der Waals surface area contributed by atoms with E-state index in [9.17, 15) is 4.79 Å². The van der Waals surface area contributed by atoms with Crippen LogP contribution < -0.4 is 5.90 Å². The van der Waals surface area contributed by atoms with E-state index in [0.29, 0.717) is 0 Å². The van der Waals surface area contributed by atoms with Crippen LogP contribution in [-0.2, 0) is 9.63 Å². The molecule has 4 nitrogen and oxygen atoms in total. The van der Waals surface area contributed by atoms with Gasteiger partial charge < -0.3 is 5.11 Å². The van der Waals surface area contributed by atoms with Gasteiger partial charge in [-0.3, -0.25) is 4.84 Å². The number of carbonyl (C=O) groups is 1. The number of hydrogen-bond acceptors (Lipinski definition) is 3. The summed E-state index contributed by atoms with van der Waals surface area (Å²) in [6.07, 6.45) is 0. The zero-order valence-electron chi connectivity index (χ0n) is 3.05. The van der Waals surface area contributed by atoms with Crippen LogP contribution in [0.25, 0.3) is 0 Å². The summed E-state index contributed by atoms with van der Waals surface area (Å²) in [5, 5.41) is 7.71. The number of carboxylic acids is 1. The smallest absolute Gasteiger partial charge is 0.331 e. The van der Waals surface area contributed by atoms with E-state index < -0.39 is 12.6 Å². The molecular formula is C2H7NO3. The van der Waals surface area contributed by atoms with Crippen LogP contribution >= 0.6 is 0 Å². The van der Waals surface area contributed by atoms with Gasteiger partial charge in [-0.2, -0.15) is 0 Å². The summed E-state index contributed by atoms with van der Waals surface area (Å²) in [6.45, 7) is -0.431. The fraction of sp³-hybridized carbons (Fsp3) is 0.500. The lowest BCUT2D eigenvalue weighted by molar-refractivity contribution is -0.142. The molecule has 0 aromatic rings. The lowest BCUT2D eigenvalue weighted by Gasteiger charge is -1.83. The van der Waals surface area contributed by atoms with Crippen molar-refractivity contribution in [2.45, 2.75) is 0 Å². The largest absolute Gasteiger partial charge is 0.479 e. The number of aliphatic carboxylic acids is 1. The second-order valence-electron chi connectivity index (χ2n) is 0.705. The first-order valence-corrected chi connectivity index (χ1v) is 1.31. The Kier molecular flexibility index (Phi) is 2.35. The molecule has 0 aromatic heterocycles. The van der Waals surface area contributed by atoms with Gasteiger partial charge in [0, 0.05) is 1.43 Å². The fourth-order valence-electron chi connectivity index (χ4n) is 0.0713. The van der Waals surface area contributed by atoms with Crippen LogP contribution in [0, 0.1) is 0 Å². The molecule has 0 spiro atoms. The van der Waals surface area contributed by atoms with E-state index in [4.69, 9.17) is 5.11 Å². The van der Waals surface area contributed by atoms with Crippen LogP contribution in [0.1, 0.15) is 1.43 Å². The Morgan fingerprint density at radius 1 is 2.17 bits per heavy atom. The van der Waals surface area contributed by atoms with Crippen molar-refractivity contribution < 1.29 is 16.2 Å². The lowest BCUT2D eigenvalue weighted by atomic mass is 10.8. The highest BCUT2D eigenvalue weighted by atomic mass is 16.6. The zero-order chi connectivity index (χ0) is 4.99. The van der Waals surface area contributed by atoms with Crippen molar-refractivity contribution in [3.63, 3.8) is 0 Å². The molecular weight excluding hydrogens is 86.0 g/mol. The van der Waals surface area contributed by atoms with Crippen LogP contribution in [0.3, 0.4) is 0 Å². The normalized spacial score (nSPS) is 8.17. The zero-order valence-corrected chi connectivity index (χ0v) is 3.05. The molecule has 0 saturated heterocycles. The maximum atomic E-state index is 9.39. The van der Waals surface area contributed by atoms with Gasteiger partial charge in [0.2, 0.25) is 0 Å². The molecule has 38 valence electrons. The maximum Gasteiger partial charge on any atom is 0.331 e. The van der Waals surface area contributed by atoms with Gasteiger partial charge in [-0.15, -0.1) is 0 Å². The molecule has 0 heterocycles. The van der Waals surface area contributed by atoms with Crippen LogP contribution in [0.5, 0.6) is 0 Å². The highest BCUT2D eigenvalue weighted by molar-refractivity contribution is 5.67. The third-order valence-corrected chi connectivity index (χ3v) is 0.207. The third kappa shape index (κ3) is 3.39. The second kappa shape index (κ2) is 2.62. The Hall–Kier alpha value is -0.610. The molecule has 0 aliphatic carbocycles. The molecule has 0 aromatic carbocycles. The molecule has 0 atom stereocenters. The van der Waals surface area contributed by atoms with Gasteiger partial charge in [0.1, 0.15) is 0 Å². The van der Waals surface area contributed by atoms with E-state index in [1.807, 2.05) is 0 Å². The van der Waals surface area contributed by atoms with E-state index in [0.717, 1.165) is 0 Å². The van der Waals surface area contributed by atoms with Gasteiger partial charge in [0.05, 0.1) is 0 Å². The minimum absolute atomic E-state index is 0. The van der Waals surface area contributed by atoms with Crippen molar-refractivity contribution in [2.75, 3.05) is 6.61 Å². The molecule has 0 amide bonds. The summed E-state index contributed by atoms with van der Waals surface area (Å²) in [5.74, 6) is 3.29. The predicted molar refractivity (Wildman–Crippen MR) is 19.9 cm³/mol. The molecule has 0 fully saturated rings. The Morgan fingerprint density at radius 3 is 2.67 bits per heavy atom. The number of carboxylic acid groups (broad SMARTS) is 1. The summed E-state index contributed by atoms with van der Waals surface area (Å²) < 4.78 is 0. The first-order valence-electron chi connectivity index (χ1n) is 1.31. The minimum atomic E-state index is -1.06. The van der Waals surface area contributed by atoms with E-state index in [-0.39, 0.29) is 1.43 Å². The Balaban J connectivity index is 0. The van der Waals surface area contributed by atoms with Gasteiger partial charge in [0.25, 0.3) is 0 Å². The quantitative estimate of drug-likeness (QED) is 0.440. The molecule has 0 aliphatic rings. The molecule has 0 radical (unpaired) electrons. The van der Waals surface area contributed by atoms with Gasteiger partial charge in [-0.1, -0.05) is 0 Å². The second-order valence-corrected chi connectivity index (χ2v) is 0.705. The summed E-state index contributed by atoms with van der Waals surface area (Å²) >= 11 is 0. The van der Waals surface area contributed by atoms with Gasteiger partial charge >= 0.3 is 5.97 Å². The van der Waals surface area contributed by atoms with E-state index in [2.05, 4.69) is 10.7 Å². The highest BCUT2D eigenvalue weighted by Gasteiger charge is 1.88. The van der Waals surface area contributed by atoms with Crippen molar-refractivity contribution in [1.29, 1.82) is 0 Å². The molecule has 6 heavy (non-hydrogen) atoms. The molecule has 0 bridgehead atoms. The summed E-state index contributed by atoms with van der Waals surface area (Å²) in [5.41, 5.74) is 0. The fourth-order valence-corrected chi connectivity index (χ4v) is 0.0713. The average molecular weight is 94.1 g/mol. The van der Waals surface area contributed by atoms with Crippen molar-refractivity contribution >= 4 is 5.97 Å². The van der Waals surface area contributed by atoms with Crippen molar-refractivity contribution in [2.24, 2.45) is 5.90 Å². The summed E-state index contributed by atoms with van der Waals surface area (Å²) in [7, 11) is 0. The Bertz CT molecular complexity index is 56.9. The monoisotopic (exact) mass is 94.0 g/mol. The molecule has 0 unspecified atom stereocenters. The maximum absolute atomic E-state index is 9.39. The summed E-state index contributed by atoms with van der Waals surface area (Å²) in [4.78, 5) is 13.1. The topological polar surface area (TPSA) is 72.5 Å². The molecule has 4 heteroatoms. The SMILES string of the molecule is NOCC(=O)O.[2HH]. The Labute approximate surface area is 36.0 Å². The third-order valence-electron chi connectivity index (χ3n) is 0.207. The minimum Gasteiger partial charge on any atom is -0.479 e. The van der Waals surface area contributed by atoms with E-state index >= 15 is 0 Å².